The van der Waals surface area contributed by atoms with E-state index in [9.17, 15) is 4.79 Å². The molecular formula is C19H27N5O2S. The highest BCUT2D eigenvalue weighted by Gasteiger charge is 2.39. The van der Waals surface area contributed by atoms with Crippen LogP contribution in [0, 0.1) is 6.92 Å². The van der Waals surface area contributed by atoms with Crippen molar-refractivity contribution >= 4 is 17.2 Å². The monoisotopic (exact) mass is 389 g/mol. The van der Waals surface area contributed by atoms with Crippen LogP contribution in [0.4, 0.5) is 0 Å². The first-order valence-electron chi connectivity index (χ1n) is 9.67. The average Bonchev–Trinajstić information content (AvgIpc) is 3.30. The Hall–Kier alpha value is -1.77. The lowest BCUT2D eigenvalue weighted by Crippen LogP contribution is -2.52. The predicted octanol–water partition coefficient (Wildman–Crippen LogP) is 2.25. The Bertz CT molecular complexity index is 783. The SMILES string of the molecule is Cc1ncsc1C(=O)N1CCO[C@@H](CN2CCCCC2)[C@@H]1c1cnn(C)c1. The molecule has 2 atom stereocenters. The molecule has 0 unspecified atom stereocenters. The number of carbonyl (C=O) groups excluding carboxylic acids is 1. The van der Waals surface area contributed by atoms with E-state index in [1.165, 1.54) is 30.6 Å². The van der Waals surface area contributed by atoms with E-state index in [-0.39, 0.29) is 18.1 Å². The first-order valence-corrected chi connectivity index (χ1v) is 10.5. The summed E-state index contributed by atoms with van der Waals surface area (Å²) < 4.78 is 7.99. The average molecular weight is 390 g/mol. The number of piperidine rings is 1. The molecule has 2 aliphatic heterocycles. The topological polar surface area (TPSA) is 63.5 Å². The summed E-state index contributed by atoms with van der Waals surface area (Å²) in [6.07, 6.45) is 7.62. The maximum absolute atomic E-state index is 13.3. The number of likely N-dealkylation sites (tertiary alicyclic amines) is 1. The normalized spacial score (nSPS) is 24.3. The van der Waals surface area contributed by atoms with Gasteiger partial charge in [-0.1, -0.05) is 6.42 Å². The fourth-order valence-electron chi connectivity index (χ4n) is 4.14. The molecule has 27 heavy (non-hydrogen) atoms. The minimum Gasteiger partial charge on any atom is -0.373 e. The molecule has 2 aromatic heterocycles. The van der Waals surface area contributed by atoms with E-state index in [0.717, 1.165) is 35.8 Å². The lowest BCUT2D eigenvalue weighted by Gasteiger charge is -2.43. The molecule has 0 radical (unpaired) electrons. The third-order valence-electron chi connectivity index (χ3n) is 5.51. The van der Waals surface area contributed by atoms with E-state index in [1.807, 2.05) is 31.3 Å². The highest BCUT2D eigenvalue weighted by molar-refractivity contribution is 7.11. The van der Waals surface area contributed by atoms with E-state index >= 15 is 0 Å². The number of hydrogen-bond donors (Lipinski definition) is 0. The van der Waals surface area contributed by atoms with Gasteiger partial charge in [-0.25, -0.2) is 4.98 Å². The van der Waals surface area contributed by atoms with Gasteiger partial charge in [-0.2, -0.15) is 5.10 Å². The van der Waals surface area contributed by atoms with Gasteiger partial charge in [-0.15, -0.1) is 11.3 Å². The fourth-order valence-corrected chi connectivity index (χ4v) is 4.89. The van der Waals surface area contributed by atoms with Crippen LogP contribution in [0.15, 0.2) is 17.9 Å². The van der Waals surface area contributed by atoms with Gasteiger partial charge in [0.1, 0.15) is 4.88 Å². The van der Waals surface area contributed by atoms with Crippen LogP contribution in [0.2, 0.25) is 0 Å². The van der Waals surface area contributed by atoms with Gasteiger partial charge in [0, 0.05) is 31.9 Å². The number of amides is 1. The van der Waals surface area contributed by atoms with Gasteiger partial charge in [0.15, 0.2) is 0 Å². The van der Waals surface area contributed by atoms with Gasteiger partial charge in [0.2, 0.25) is 0 Å². The van der Waals surface area contributed by atoms with E-state index in [0.29, 0.717) is 13.2 Å². The van der Waals surface area contributed by atoms with Crippen LogP contribution in [0.1, 0.15) is 46.2 Å². The molecule has 0 aromatic carbocycles. The number of nitrogens with zero attached hydrogens (tertiary/aromatic N) is 5. The number of carbonyl (C=O) groups is 1. The third kappa shape index (κ3) is 3.93. The molecule has 8 heteroatoms. The van der Waals surface area contributed by atoms with E-state index in [1.54, 1.807) is 10.2 Å². The highest BCUT2D eigenvalue weighted by atomic mass is 32.1. The van der Waals surface area contributed by atoms with Gasteiger partial charge in [-0.05, 0) is 32.9 Å². The van der Waals surface area contributed by atoms with Gasteiger partial charge in [-0.3, -0.25) is 9.48 Å². The standard InChI is InChI=1S/C19H27N5O2S/c1-14-18(27-13-20-14)19(25)24-8-9-26-16(12-23-6-4-3-5-7-23)17(24)15-10-21-22(2)11-15/h10-11,13,16-17H,3-9,12H2,1-2H3/t16-,17-/m0/s1. The molecular weight excluding hydrogens is 362 g/mol. The third-order valence-corrected chi connectivity index (χ3v) is 6.42. The van der Waals surface area contributed by atoms with Gasteiger partial charge < -0.3 is 14.5 Å². The summed E-state index contributed by atoms with van der Waals surface area (Å²) in [5, 5.41) is 4.35. The Labute approximate surface area is 163 Å². The van der Waals surface area contributed by atoms with Gasteiger partial charge >= 0.3 is 0 Å². The van der Waals surface area contributed by atoms with Crippen LogP contribution in [-0.4, -0.2) is 69.4 Å². The van der Waals surface area contributed by atoms with Crippen molar-refractivity contribution in [3.8, 4) is 0 Å². The Kier molecular flexibility index (Phi) is 5.56. The maximum Gasteiger partial charge on any atom is 0.266 e. The number of hydrogen-bond acceptors (Lipinski definition) is 6. The van der Waals surface area contributed by atoms with Crippen molar-refractivity contribution < 1.29 is 9.53 Å². The smallest absolute Gasteiger partial charge is 0.266 e. The van der Waals surface area contributed by atoms with Crippen molar-refractivity contribution in [3.05, 3.63) is 34.0 Å². The molecule has 2 saturated heterocycles. The highest BCUT2D eigenvalue weighted by Crippen LogP contribution is 2.32. The second-order valence-corrected chi connectivity index (χ2v) is 8.28. The molecule has 146 valence electrons. The van der Waals surface area contributed by atoms with Crippen LogP contribution < -0.4 is 0 Å². The zero-order valence-electron chi connectivity index (χ0n) is 16.0. The number of rotatable bonds is 4. The summed E-state index contributed by atoms with van der Waals surface area (Å²) in [5.41, 5.74) is 3.58. The van der Waals surface area contributed by atoms with Crippen molar-refractivity contribution in [1.82, 2.24) is 24.6 Å². The van der Waals surface area contributed by atoms with E-state index < -0.39 is 0 Å². The number of aromatic nitrogens is 3. The first-order chi connectivity index (χ1) is 13.1. The van der Waals surface area contributed by atoms with E-state index in [4.69, 9.17) is 4.74 Å². The molecule has 7 nitrogen and oxygen atoms in total. The Morgan fingerprint density at radius 1 is 1.30 bits per heavy atom. The van der Waals surface area contributed by atoms with Crippen molar-refractivity contribution in [2.24, 2.45) is 7.05 Å². The number of ether oxygens (including phenoxy) is 1. The molecule has 2 aromatic rings. The van der Waals surface area contributed by atoms with Crippen LogP contribution in [0.3, 0.4) is 0 Å². The number of morpholine rings is 1. The number of thiazole rings is 1. The molecule has 4 rings (SSSR count). The minimum atomic E-state index is -0.122. The second-order valence-electron chi connectivity index (χ2n) is 7.43. The number of aryl methyl sites for hydroxylation is 2. The molecule has 1 amide bonds. The van der Waals surface area contributed by atoms with E-state index in [2.05, 4.69) is 15.0 Å². The molecule has 0 N–H and O–H groups in total. The zero-order chi connectivity index (χ0) is 18.8. The van der Waals surface area contributed by atoms with Crippen LogP contribution in [0.5, 0.6) is 0 Å². The van der Waals surface area contributed by atoms with Crippen LogP contribution >= 0.6 is 11.3 Å². The maximum atomic E-state index is 13.3. The molecule has 0 bridgehead atoms. The lowest BCUT2D eigenvalue weighted by atomic mass is 9.99. The summed E-state index contributed by atoms with van der Waals surface area (Å²) in [6, 6.07) is -0.122. The van der Waals surface area contributed by atoms with Crippen molar-refractivity contribution in [2.45, 2.75) is 38.3 Å². The summed E-state index contributed by atoms with van der Waals surface area (Å²) in [6.45, 7) is 6.13. The molecule has 2 fully saturated rings. The van der Waals surface area contributed by atoms with Crippen molar-refractivity contribution in [3.63, 3.8) is 0 Å². The molecule has 4 heterocycles. The van der Waals surface area contributed by atoms with Crippen LogP contribution in [0.25, 0.3) is 0 Å². The quantitative estimate of drug-likeness (QED) is 0.803. The Morgan fingerprint density at radius 3 is 2.78 bits per heavy atom. The fraction of sp³-hybridized carbons (Fsp3) is 0.632. The van der Waals surface area contributed by atoms with Crippen molar-refractivity contribution in [2.75, 3.05) is 32.8 Å². The predicted molar refractivity (Wildman–Crippen MR) is 104 cm³/mol. The second kappa shape index (κ2) is 8.08. The molecule has 0 saturated carbocycles. The zero-order valence-corrected chi connectivity index (χ0v) is 16.8. The summed E-state index contributed by atoms with van der Waals surface area (Å²) in [5.74, 6) is 0.0517. The van der Waals surface area contributed by atoms with Crippen LogP contribution in [-0.2, 0) is 11.8 Å². The molecule has 0 aliphatic carbocycles. The summed E-state index contributed by atoms with van der Waals surface area (Å²) in [7, 11) is 1.91. The lowest BCUT2D eigenvalue weighted by molar-refractivity contribution is -0.0740. The van der Waals surface area contributed by atoms with Gasteiger partial charge in [0.05, 0.1) is 36.2 Å². The summed E-state index contributed by atoms with van der Waals surface area (Å²) >= 11 is 1.42. The molecule has 0 spiro atoms. The summed E-state index contributed by atoms with van der Waals surface area (Å²) in [4.78, 5) is 22.7. The minimum absolute atomic E-state index is 0.0433. The van der Waals surface area contributed by atoms with Crippen molar-refractivity contribution in [1.29, 1.82) is 0 Å². The Balaban J connectivity index is 1.62. The van der Waals surface area contributed by atoms with Gasteiger partial charge in [0.25, 0.3) is 5.91 Å². The Morgan fingerprint density at radius 2 is 2.11 bits per heavy atom. The largest absolute Gasteiger partial charge is 0.373 e. The molecule has 2 aliphatic rings. The first kappa shape index (κ1) is 18.6.